The molecule has 2 aromatic rings. The van der Waals surface area contributed by atoms with Gasteiger partial charge in [0, 0.05) is 5.02 Å². The summed E-state index contributed by atoms with van der Waals surface area (Å²) in [5, 5.41) is 13.2. The second-order valence-electron chi connectivity index (χ2n) is 6.90. The van der Waals surface area contributed by atoms with Crippen LogP contribution in [0.3, 0.4) is 0 Å². The van der Waals surface area contributed by atoms with Crippen LogP contribution in [0.1, 0.15) is 18.1 Å². The Morgan fingerprint density at radius 2 is 1.86 bits per heavy atom. The summed E-state index contributed by atoms with van der Waals surface area (Å²) in [6.07, 6.45) is -1.12. The van der Waals surface area contributed by atoms with E-state index < -0.39 is 35.2 Å². The van der Waals surface area contributed by atoms with E-state index in [4.69, 9.17) is 16.3 Å². The van der Waals surface area contributed by atoms with Crippen molar-refractivity contribution in [1.82, 2.24) is 10.2 Å². The third kappa shape index (κ3) is 4.55. The first-order valence-electron chi connectivity index (χ1n) is 8.80. The average Bonchev–Trinajstić information content (AvgIpc) is 2.89. The molecule has 3 rings (SSSR count). The standard InChI is InChI=1S/C20H19ClF2N2O4/c1-20(13-4-7-16(22)17(23)8-13)18(27)25(19(28)24-20)9-15(26)11-29-10-12-2-5-14(21)6-3-12/h2-8,15,26H,9-11H2,1H3,(H,24,28)/t15-,20-/m0/s1. The van der Waals surface area contributed by atoms with Crippen molar-refractivity contribution in [2.24, 2.45) is 0 Å². The molecule has 2 N–H and O–H groups in total. The minimum absolute atomic E-state index is 0.103. The fraction of sp³-hybridized carbons (Fsp3) is 0.300. The molecule has 1 aliphatic heterocycles. The maximum Gasteiger partial charge on any atom is 0.325 e. The Labute approximate surface area is 171 Å². The van der Waals surface area contributed by atoms with E-state index >= 15 is 0 Å². The molecule has 0 aromatic heterocycles. The number of urea groups is 1. The maximum absolute atomic E-state index is 13.6. The number of carbonyl (C=O) groups excluding carboxylic acids is 2. The number of nitrogens with one attached hydrogen (secondary N) is 1. The fourth-order valence-electron chi connectivity index (χ4n) is 3.02. The summed E-state index contributed by atoms with van der Waals surface area (Å²) in [7, 11) is 0. The molecule has 1 saturated heterocycles. The number of benzene rings is 2. The van der Waals surface area contributed by atoms with E-state index in [0.29, 0.717) is 5.02 Å². The van der Waals surface area contributed by atoms with E-state index in [0.717, 1.165) is 22.6 Å². The topological polar surface area (TPSA) is 78.9 Å². The Morgan fingerprint density at radius 1 is 1.17 bits per heavy atom. The van der Waals surface area contributed by atoms with Crippen LogP contribution in [0, 0.1) is 11.6 Å². The smallest absolute Gasteiger partial charge is 0.325 e. The van der Waals surface area contributed by atoms with Crippen molar-refractivity contribution >= 4 is 23.5 Å². The lowest BCUT2D eigenvalue weighted by atomic mass is 9.92. The summed E-state index contributed by atoms with van der Waals surface area (Å²) in [5.41, 5.74) is -0.608. The van der Waals surface area contributed by atoms with Gasteiger partial charge in [-0.3, -0.25) is 9.69 Å². The number of carbonyl (C=O) groups is 2. The number of hydrogen-bond donors (Lipinski definition) is 2. The van der Waals surface area contributed by atoms with Gasteiger partial charge >= 0.3 is 6.03 Å². The number of rotatable bonds is 7. The van der Waals surface area contributed by atoms with Crippen LogP contribution in [0.15, 0.2) is 42.5 Å². The summed E-state index contributed by atoms with van der Waals surface area (Å²) in [6.45, 7) is 1.20. The van der Waals surface area contributed by atoms with Crippen LogP contribution in [0.2, 0.25) is 5.02 Å². The van der Waals surface area contributed by atoms with Gasteiger partial charge in [0.2, 0.25) is 0 Å². The summed E-state index contributed by atoms with van der Waals surface area (Å²) in [4.78, 5) is 25.8. The minimum Gasteiger partial charge on any atom is -0.389 e. The molecule has 6 nitrogen and oxygen atoms in total. The third-order valence-electron chi connectivity index (χ3n) is 4.66. The van der Waals surface area contributed by atoms with Crippen molar-refractivity contribution in [2.45, 2.75) is 25.2 Å². The van der Waals surface area contributed by atoms with Gasteiger partial charge in [0.15, 0.2) is 11.6 Å². The van der Waals surface area contributed by atoms with E-state index in [1.165, 1.54) is 13.0 Å². The van der Waals surface area contributed by atoms with Crippen LogP contribution >= 0.6 is 11.6 Å². The minimum atomic E-state index is -1.56. The van der Waals surface area contributed by atoms with Crippen molar-refractivity contribution in [2.75, 3.05) is 13.2 Å². The molecular formula is C20H19ClF2N2O4. The number of aliphatic hydroxyl groups excluding tert-OH is 1. The number of aliphatic hydroxyl groups is 1. The largest absolute Gasteiger partial charge is 0.389 e. The van der Waals surface area contributed by atoms with E-state index in [-0.39, 0.29) is 25.3 Å². The van der Waals surface area contributed by atoms with Crippen molar-refractivity contribution in [3.63, 3.8) is 0 Å². The fourth-order valence-corrected chi connectivity index (χ4v) is 3.15. The van der Waals surface area contributed by atoms with Crippen LogP contribution in [-0.4, -0.2) is 41.2 Å². The summed E-state index contributed by atoms with van der Waals surface area (Å²) >= 11 is 5.81. The molecule has 3 amide bonds. The number of amides is 3. The SMILES string of the molecule is C[C@@]1(c2ccc(F)c(F)c2)NC(=O)N(C[C@H](O)COCc2ccc(Cl)cc2)C1=O. The van der Waals surface area contributed by atoms with Gasteiger partial charge < -0.3 is 15.2 Å². The zero-order valence-electron chi connectivity index (χ0n) is 15.5. The molecule has 2 aromatic carbocycles. The van der Waals surface area contributed by atoms with Crippen LogP contribution in [-0.2, 0) is 21.7 Å². The highest BCUT2D eigenvalue weighted by Crippen LogP contribution is 2.29. The van der Waals surface area contributed by atoms with Gasteiger partial charge in [-0.1, -0.05) is 29.8 Å². The molecule has 9 heteroatoms. The first-order chi connectivity index (χ1) is 13.7. The van der Waals surface area contributed by atoms with Crippen LogP contribution in [0.4, 0.5) is 13.6 Å². The maximum atomic E-state index is 13.6. The molecule has 29 heavy (non-hydrogen) atoms. The van der Waals surface area contributed by atoms with Crippen molar-refractivity contribution < 1.29 is 28.2 Å². The molecule has 154 valence electrons. The number of imide groups is 1. The molecule has 0 radical (unpaired) electrons. The number of β-amino-alcohol motifs (C(OH)–C–C–N with tert-alkyl or cyclic N) is 1. The highest BCUT2D eigenvalue weighted by molar-refractivity contribution is 6.30. The highest BCUT2D eigenvalue weighted by Gasteiger charge is 2.49. The lowest BCUT2D eigenvalue weighted by Gasteiger charge is -2.23. The van der Waals surface area contributed by atoms with Gasteiger partial charge in [-0.15, -0.1) is 0 Å². The second kappa shape index (κ2) is 8.44. The second-order valence-corrected chi connectivity index (χ2v) is 7.33. The molecule has 0 bridgehead atoms. The first kappa shape index (κ1) is 21.2. The average molecular weight is 425 g/mol. The van der Waals surface area contributed by atoms with E-state index in [2.05, 4.69) is 5.32 Å². The Morgan fingerprint density at radius 3 is 2.52 bits per heavy atom. The molecule has 1 fully saturated rings. The zero-order valence-corrected chi connectivity index (χ0v) is 16.2. The molecule has 0 unspecified atom stereocenters. The molecule has 2 atom stereocenters. The molecule has 1 aliphatic rings. The van der Waals surface area contributed by atoms with Gasteiger partial charge in [0.1, 0.15) is 5.54 Å². The molecular weight excluding hydrogens is 406 g/mol. The van der Waals surface area contributed by atoms with Crippen molar-refractivity contribution in [3.05, 3.63) is 70.2 Å². The highest BCUT2D eigenvalue weighted by atomic mass is 35.5. The number of ether oxygens (including phenoxy) is 1. The lowest BCUT2D eigenvalue weighted by Crippen LogP contribution is -2.42. The van der Waals surface area contributed by atoms with Gasteiger partial charge in [0.05, 0.1) is 25.9 Å². The van der Waals surface area contributed by atoms with Crippen molar-refractivity contribution in [3.8, 4) is 0 Å². The third-order valence-corrected chi connectivity index (χ3v) is 4.91. The van der Waals surface area contributed by atoms with Crippen LogP contribution in [0.25, 0.3) is 0 Å². The Balaban J connectivity index is 1.60. The quantitative estimate of drug-likeness (QED) is 0.670. The van der Waals surface area contributed by atoms with Crippen LogP contribution in [0.5, 0.6) is 0 Å². The van der Waals surface area contributed by atoms with E-state index in [1.807, 2.05) is 0 Å². The van der Waals surface area contributed by atoms with E-state index in [1.54, 1.807) is 24.3 Å². The zero-order chi connectivity index (χ0) is 21.2. The molecule has 0 spiro atoms. The van der Waals surface area contributed by atoms with Crippen LogP contribution < -0.4 is 5.32 Å². The summed E-state index contributed by atoms with van der Waals surface area (Å²) < 4.78 is 32.2. The summed E-state index contributed by atoms with van der Waals surface area (Å²) in [5.74, 6) is -2.86. The molecule has 0 aliphatic carbocycles. The number of nitrogens with zero attached hydrogens (tertiary/aromatic N) is 1. The number of halogens is 3. The normalized spacial score (nSPS) is 20.1. The van der Waals surface area contributed by atoms with Gasteiger partial charge in [-0.05, 0) is 42.3 Å². The first-order valence-corrected chi connectivity index (χ1v) is 9.18. The van der Waals surface area contributed by atoms with Gasteiger partial charge in [-0.2, -0.15) is 0 Å². The van der Waals surface area contributed by atoms with Gasteiger partial charge in [0.25, 0.3) is 5.91 Å². The number of hydrogen-bond acceptors (Lipinski definition) is 4. The van der Waals surface area contributed by atoms with Crippen molar-refractivity contribution in [1.29, 1.82) is 0 Å². The predicted octanol–water partition coefficient (Wildman–Crippen LogP) is 2.96. The summed E-state index contributed by atoms with van der Waals surface area (Å²) in [6, 6.07) is 9.22. The Bertz CT molecular complexity index is 925. The van der Waals surface area contributed by atoms with Gasteiger partial charge in [-0.25, -0.2) is 13.6 Å². The molecule has 0 saturated carbocycles. The monoisotopic (exact) mass is 424 g/mol. The Kier molecular flexibility index (Phi) is 6.16. The molecule has 1 heterocycles. The Hall–Kier alpha value is -2.55. The predicted molar refractivity (Wildman–Crippen MR) is 101 cm³/mol. The van der Waals surface area contributed by atoms with E-state index in [9.17, 15) is 23.5 Å². The lowest BCUT2D eigenvalue weighted by molar-refractivity contribution is -0.132.